The number of carbonyl (C=O) groups is 2. The number of anilines is 1. The molecule has 0 fully saturated rings. The van der Waals surface area contributed by atoms with Gasteiger partial charge in [-0.25, -0.2) is 9.78 Å². The van der Waals surface area contributed by atoms with Crippen LogP contribution in [0, 0.1) is 13.8 Å². The number of benzene rings is 3. The third-order valence-electron chi connectivity index (χ3n) is 6.23. The number of rotatable bonds is 6. The topological polar surface area (TPSA) is 89.0 Å². The van der Waals surface area contributed by atoms with Crippen molar-refractivity contribution in [2.24, 2.45) is 0 Å². The number of nitrogens with zero attached hydrogens (tertiary/aromatic N) is 2. The van der Waals surface area contributed by atoms with E-state index in [0.717, 1.165) is 51.1 Å². The highest BCUT2D eigenvalue weighted by Gasteiger charge is 2.14. The highest BCUT2D eigenvalue weighted by atomic mass is 16.5. The lowest BCUT2D eigenvalue weighted by atomic mass is 10.1. The van der Waals surface area contributed by atoms with Crippen LogP contribution in [-0.4, -0.2) is 33.0 Å². The fourth-order valence-corrected chi connectivity index (χ4v) is 4.33. The number of hydrogen-bond donors (Lipinski definition) is 2. The first-order valence-electron chi connectivity index (χ1n) is 11.6. The van der Waals surface area contributed by atoms with Crippen molar-refractivity contribution >= 4 is 39.4 Å². The number of nitrogens with one attached hydrogen (secondary N) is 2. The third-order valence-corrected chi connectivity index (χ3v) is 6.23. The molecule has 2 aromatic heterocycles. The van der Waals surface area contributed by atoms with E-state index in [1.54, 1.807) is 24.3 Å². The number of H-pyrrole nitrogens is 1. The van der Waals surface area contributed by atoms with E-state index in [4.69, 9.17) is 4.74 Å². The lowest BCUT2D eigenvalue weighted by Crippen LogP contribution is -2.20. The number of esters is 1. The van der Waals surface area contributed by atoms with Crippen LogP contribution in [0.5, 0.6) is 0 Å². The second-order valence-corrected chi connectivity index (χ2v) is 8.49. The number of fused-ring (bicyclic) bond motifs is 3. The maximum atomic E-state index is 12.5. The molecule has 0 saturated carbocycles. The molecule has 2 N–H and O–H groups in total. The summed E-state index contributed by atoms with van der Waals surface area (Å²) in [6.07, 6.45) is 0. The van der Waals surface area contributed by atoms with Gasteiger partial charge >= 0.3 is 5.97 Å². The summed E-state index contributed by atoms with van der Waals surface area (Å²) in [5.74, 6) is -0.201. The smallest absolute Gasteiger partial charge is 0.338 e. The van der Waals surface area contributed by atoms with Gasteiger partial charge in [-0.3, -0.25) is 4.79 Å². The molecular weight excluding hydrogens is 440 g/mol. The maximum absolute atomic E-state index is 12.5. The molecule has 35 heavy (non-hydrogen) atoms. The van der Waals surface area contributed by atoms with E-state index < -0.39 is 11.9 Å². The first kappa shape index (κ1) is 22.4. The Hall–Kier alpha value is -4.39. The molecule has 0 spiro atoms. The zero-order valence-corrected chi connectivity index (χ0v) is 19.9. The Bertz CT molecular complexity index is 1540. The Balaban J connectivity index is 1.24. The molecule has 7 nitrogen and oxygen atoms in total. The summed E-state index contributed by atoms with van der Waals surface area (Å²) in [6, 6.07) is 21.0. The van der Waals surface area contributed by atoms with Crippen molar-refractivity contribution in [1.29, 1.82) is 0 Å². The summed E-state index contributed by atoms with van der Waals surface area (Å²) >= 11 is 0. The summed E-state index contributed by atoms with van der Waals surface area (Å²) in [4.78, 5) is 32.6. The van der Waals surface area contributed by atoms with Crippen LogP contribution in [0.25, 0.3) is 33.2 Å². The average Bonchev–Trinajstić information content (AvgIpc) is 3.38. The summed E-state index contributed by atoms with van der Waals surface area (Å²) in [5.41, 5.74) is 6.11. The molecule has 5 rings (SSSR count). The van der Waals surface area contributed by atoms with Crippen molar-refractivity contribution in [1.82, 2.24) is 14.5 Å². The molecular formula is C28H26N4O3. The normalized spacial score (nSPS) is 11.2. The van der Waals surface area contributed by atoms with Crippen molar-refractivity contribution < 1.29 is 14.3 Å². The molecule has 3 aromatic carbocycles. The number of ether oxygens (including phenoxy) is 1. The van der Waals surface area contributed by atoms with Crippen LogP contribution in [0.2, 0.25) is 0 Å². The zero-order chi connectivity index (χ0) is 24.5. The van der Waals surface area contributed by atoms with Crippen LogP contribution < -0.4 is 5.32 Å². The molecule has 176 valence electrons. The average molecular weight is 467 g/mol. The minimum Gasteiger partial charge on any atom is -0.452 e. The van der Waals surface area contributed by atoms with Gasteiger partial charge in [-0.05, 0) is 57.2 Å². The number of hydrogen-bond acceptors (Lipinski definition) is 4. The number of para-hydroxylation sites is 1. The zero-order valence-electron chi connectivity index (χ0n) is 19.9. The molecule has 0 bridgehead atoms. The molecule has 7 heteroatoms. The summed E-state index contributed by atoms with van der Waals surface area (Å²) in [6.45, 7) is 6.50. The van der Waals surface area contributed by atoms with Crippen LogP contribution in [0.3, 0.4) is 0 Å². The number of amides is 1. The summed E-state index contributed by atoms with van der Waals surface area (Å²) < 4.78 is 7.48. The molecule has 0 aliphatic rings. The number of aromatic amines is 1. The largest absolute Gasteiger partial charge is 0.452 e. The first-order valence-corrected chi connectivity index (χ1v) is 11.6. The molecule has 0 aliphatic heterocycles. The highest BCUT2D eigenvalue weighted by molar-refractivity contribution is 6.10. The molecule has 2 heterocycles. The van der Waals surface area contributed by atoms with Crippen LogP contribution in [0.1, 0.15) is 28.7 Å². The summed E-state index contributed by atoms with van der Waals surface area (Å²) in [5, 5.41) is 5.04. The fourth-order valence-electron chi connectivity index (χ4n) is 4.33. The van der Waals surface area contributed by atoms with Gasteiger partial charge in [0.05, 0.1) is 11.3 Å². The second kappa shape index (κ2) is 9.10. The molecule has 0 radical (unpaired) electrons. The van der Waals surface area contributed by atoms with Crippen molar-refractivity contribution in [3.63, 3.8) is 0 Å². The Morgan fingerprint density at radius 2 is 1.71 bits per heavy atom. The van der Waals surface area contributed by atoms with Gasteiger partial charge in [0.2, 0.25) is 0 Å². The molecule has 0 aliphatic carbocycles. The first-order chi connectivity index (χ1) is 16.9. The Morgan fingerprint density at radius 1 is 0.971 bits per heavy atom. The molecule has 1 amide bonds. The van der Waals surface area contributed by atoms with Gasteiger partial charge in [-0.15, -0.1) is 0 Å². The predicted molar refractivity (Wildman–Crippen MR) is 138 cm³/mol. The number of carbonyl (C=O) groups excluding carboxylic acids is 2. The van der Waals surface area contributed by atoms with E-state index in [0.29, 0.717) is 11.3 Å². The van der Waals surface area contributed by atoms with Gasteiger partial charge in [-0.2, -0.15) is 0 Å². The predicted octanol–water partition coefficient (Wildman–Crippen LogP) is 5.62. The lowest BCUT2D eigenvalue weighted by molar-refractivity contribution is -0.119. The fraction of sp³-hybridized carbons (Fsp3) is 0.179. The van der Waals surface area contributed by atoms with E-state index in [1.807, 2.05) is 44.2 Å². The van der Waals surface area contributed by atoms with Gasteiger partial charge in [0.25, 0.3) is 5.91 Å². The van der Waals surface area contributed by atoms with E-state index in [1.165, 1.54) is 0 Å². The van der Waals surface area contributed by atoms with E-state index >= 15 is 0 Å². The van der Waals surface area contributed by atoms with Gasteiger partial charge in [-0.1, -0.05) is 30.3 Å². The lowest BCUT2D eigenvalue weighted by Gasteiger charge is -2.08. The van der Waals surface area contributed by atoms with Crippen molar-refractivity contribution in [3.8, 4) is 11.4 Å². The van der Waals surface area contributed by atoms with Crippen molar-refractivity contribution in [3.05, 3.63) is 83.7 Å². The minimum absolute atomic E-state index is 0.369. The quantitative estimate of drug-likeness (QED) is 0.318. The summed E-state index contributed by atoms with van der Waals surface area (Å²) in [7, 11) is 0. The standard InChI is InChI=1S/C28H26N4O3/c1-4-32-24-8-6-5-7-22(24)23-15-21(13-14-25(23)32)31-26(33)16-35-28(34)20-11-9-19(10-12-20)27-29-17(2)18(3)30-27/h5-15H,4,16H2,1-3H3,(H,29,30)(H,31,33). The third kappa shape index (κ3) is 4.28. The van der Waals surface area contributed by atoms with Gasteiger partial charge in [0, 0.05) is 45.3 Å². The Labute approximate surface area is 202 Å². The molecule has 0 unspecified atom stereocenters. The highest BCUT2D eigenvalue weighted by Crippen LogP contribution is 2.31. The number of imidazole rings is 1. The van der Waals surface area contributed by atoms with Crippen molar-refractivity contribution in [2.45, 2.75) is 27.3 Å². The van der Waals surface area contributed by atoms with E-state index in [-0.39, 0.29) is 6.61 Å². The molecule has 0 atom stereocenters. The Kier molecular flexibility index (Phi) is 5.82. The SMILES string of the molecule is CCn1c2ccccc2c2cc(NC(=O)COC(=O)c3ccc(-c4nc(C)c(C)[nH]4)cc3)ccc21. The van der Waals surface area contributed by atoms with Gasteiger partial charge < -0.3 is 19.6 Å². The van der Waals surface area contributed by atoms with E-state index in [9.17, 15) is 9.59 Å². The van der Waals surface area contributed by atoms with Gasteiger partial charge in [0.15, 0.2) is 6.61 Å². The van der Waals surface area contributed by atoms with Crippen LogP contribution in [0.4, 0.5) is 5.69 Å². The molecule has 5 aromatic rings. The molecule has 0 saturated heterocycles. The number of aryl methyl sites for hydroxylation is 3. The maximum Gasteiger partial charge on any atom is 0.338 e. The van der Waals surface area contributed by atoms with E-state index in [2.05, 4.69) is 38.9 Å². The van der Waals surface area contributed by atoms with Crippen LogP contribution in [0.15, 0.2) is 66.7 Å². The second-order valence-electron chi connectivity index (χ2n) is 8.49. The van der Waals surface area contributed by atoms with Crippen LogP contribution >= 0.6 is 0 Å². The monoisotopic (exact) mass is 466 g/mol. The van der Waals surface area contributed by atoms with Gasteiger partial charge in [0.1, 0.15) is 5.82 Å². The Morgan fingerprint density at radius 3 is 2.43 bits per heavy atom. The van der Waals surface area contributed by atoms with Crippen LogP contribution in [-0.2, 0) is 16.1 Å². The minimum atomic E-state index is -0.556. The van der Waals surface area contributed by atoms with Crippen molar-refractivity contribution in [2.75, 3.05) is 11.9 Å². The number of aromatic nitrogens is 3.